The van der Waals surface area contributed by atoms with E-state index in [4.69, 9.17) is 10.5 Å². The Labute approximate surface area is 210 Å². The van der Waals surface area contributed by atoms with Crippen molar-refractivity contribution in [2.24, 2.45) is 5.73 Å². The Morgan fingerprint density at radius 2 is 1.94 bits per heavy atom. The van der Waals surface area contributed by atoms with E-state index in [-0.39, 0.29) is 23.6 Å². The zero-order valence-electron chi connectivity index (χ0n) is 17.3. The highest BCUT2D eigenvalue weighted by atomic mass is 79.9. The molecule has 1 aliphatic heterocycles. The molecule has 0 saturated carbocycles. The quantitative estimate of drug-likeness (QED) is 0.472. The van der Waals surface area contributed by atoms with Crippen molar-refractivity contribution in [2.75, 3.05) is 6.61 Å². The van der Waals surface area contributed by atoms with Gasteiger partial charge in [-0.2, -0.15) is 5.26 Å². The van der Waals surface area contributed by atoms with E-state index in [1.807, 2.05) is 48.5 Å². The maximum atomic E-state index is 13.3. The average molecular weight is 587 g/mol. The lowest BCUT2D eigenvalue weighted by molar-refractivity contribution is -0.136. The molecule has 0 spiro atoms. The average Bonchev–Trinajstić information content (AvgIpc) is 3.09. The number of rotatable bonds is 4. The molecule has 33 heavy (non-hydrogen) atoms. The lowest BCUT2D eigenvalue weighted by atomic mass is 9.84. The number of nitrogens with two attached hydrogens (primary N) is 1. The van der Waals surface area contributed by atoms with E-state index in [1.165, 1.54) is 4.57 Å². The number of nitrogens with zero attached hydrogens (tertiary/aromatic N) is 2. The molecule has 1 atom stereocenters. The molecule has 0 fully saturated rings. The smallest absolute Gasteiger partial charge is 0.338 e. The molecule has 9 heteroatoms. The largest absolute Gasteiger partial charge is 0.463 e. The Morgan fingerprint density at radius 3 is 2.58 bits per heavy atom. The number of carbonyl (C=O) groups excluding carboxylic acids is 1. The number of halogens is 2. The SMILES string of the molecule is CCOC(=O)C1=c2s/c(=C/c3cccc(Br)c3)c(=O)n2C(N)=C(C#N)[C@H]1c1cccc(Br)c1. The molecule has 2 heterocycles. The number of benzene rings is 2. The Morgan fingerprint density at radius 1 is 1.24 bits per heavy atom. The molecule has 166 valence electrons. The molecule has 0 amide bonds. The van der Waals surface area contributed by atoms with Gasteiger partial charge < -0.3 is 10.5 Å². The highest BCUT2D eigenvalue weighted by Crippen LogP contribution is 2.37. The first-order valence-corrected chi connectivity index (χ1v) is 12.3. The fourth-order valence-electron chi connectivity index (χ4n) is 3.72. The van der Waals surface area contributed by atoms with Gasteiger partial charge in [0, 0.05) is 8.95 Å². The number of thiazole rings is 1. The van der Waals surface area contributed by atoms with Crippen LogP contribution in [-0.4, -0.2) is 17.1 Å². The topological polar surface area (TPSA) is 98.1 Å². The molecule has 0 radical (unpaired) electrons. The van der Waals surface area contributed by atoms with Crippen LogP contribution in [0, 0.1) is 11.3 Å². The van der Waals surface area contributed by atoms with Gasteiger partial charge in [0.15, 0.2) is 0 Å². The van der Waals surface area contributed by atoms with Crippen molar-refractivity contribution in [1.29, 1.82) is 5.26 Å². The van der Waals surface area contributed by atoms with Gasteiger partial charge in [-0.05, 0) is 48.4 Å². The maximum Gasteiger partial charge on any atom is 0.338 e. The van der Waals surface area contributed by atoms with Gasteiger partial charge in [-0.1, -0.05) is 56.1 Å². The monoisotopic (exact) mass is 585 g/mol. The molecule has 1 aromatic heterocycles. The molecule has 0 aliphatic carbocycles. The van der Waals surface area contributed by atoms with E-state index in [2.05, 4.69) is 37.9 Å². The third kappa shape index (κ3) is 4.34. The summed E-state index contributed by atoms with van der Waals surface area (Å²) in [5, 5.41) is 9.99. The summed E-state index contributed by atoms with van der Waals surface area (Å²) in [5.74, 6) is -1.34. The number of nitriles is 1. The van der Waals surface area contributed by atoms with E-state index >= 15 is 0 Å². The van der Waals surface area contributed by atoms with Gasteiger partial charge in [0.05, 0.1) is 34.3 Å². The number of fused-ring (bicyclic) bond motifs is 1. The van der Waals surface area contributed by atoms with Gasteiger partial charge in [-0.3, -0.25) is 9.36 Å². The summed E-state index contributed by atoms with van der Waals surface area (Å²) < 4.78 is 9.00. The number of carbonyl (C=O) groups is 1. The molecule has 2 N–H and O–H groups in total. The van der Waals surface area contributed by atoms with Gasteiger partial charge in [0.2, 0.25) is 0 Å². The predicted molar refractivity (Wildman–Crippen MR) is 135 cm³/mol. The number of ether oxygens (including phenoxy) is 1. The van der Waals surface area contributed by atoms with Crippen LogP contribution in [-0.2, 0) is 9.53 Å². The molecule has 0 bridgehead atoms. The third-order valence-corrected chi connectivity index (χ3v) is 7.19. The molecular weight excluding hydrogens is 570 g/mol. The van der Waals surface area contributed by atoms with Crippen molar-refractivity contribution in [3.8, 4) is 6.07 Å². The zero-order valence-corrected chi connectivity index (χ0v) is 21.3. The second kappa shape index (κ2) is 9.51. The van der Waals surface area contributed by atoms with Crippen LogP contribution in [0.25, 0.3) is 17.5 Å². The van der Waals surface area contributed by atoms with E-state index in [9.17, 15) is 14.9 Å². The van der Waals surface area contributed by atoms with Crippen LogP contribution in [0.15, 0.2) is 67.8 Å². The van der Waals surface area contributed by atoms with Crippen LogP contribution in [0.2, 0.25) is 0 Å². The van der Waals surface area contributed by atoms with Crippen LogP contribution in [0.1, 0.15) is 24.0 Å². The van der Waals surface area contributed by atoms with Crippen LogP contribution in [0.3, 0.4) is 0 Å². The maximum absolute atomic E-state index is 13.3. The summed E-state index contributed by atoms with van der Waals surface area (Å²) in [6.45, 7) is 1.86. The van der Waals surface area contributed by atoms with Crippen molar-refractivity contribution in [1.82, 2.24) is 4.57 Å². The molecule has 0 unspecified atom stereocenters. The second-order valence-electron chi connectivity index (χ2n) is 7.14. The fraction of sp³-hybridized carbons (Fsp3) is 0.125. The van der Waals surface area contributed by atoms with Gasteiger partial charge in [-0.15, -0.1) is 11.3 Å². The molecule has 3 aromatic rings. The normalized spacial score (nSPS) is 15.9. The first kappa shape index (κ1) is 23.2. The Balaban J connectivity index is 2.10. The van der Waals surface area contributed by atoms with E-state index in [1.54, 1.807) is 13.0 Å². The lowest BCUT2D eigenvalue weighted by Gasteiger charge is -2.24. The van der Waals surface area contributed by atoms with E-state index < -0.39 is 17.4 Å². The standard InChI is InChI=1S/C24H17Br2N3O3S/c1-2-32-24(31)20-19(14-6-4-8-16(26)11-14)17(12-27)21(28)29-22(30)18(33-23(20)29)10-13-5-3-7-15(25)9-13/h3-11,19H,2,28H2,1H3/b18-10+/t19-/m1/s1. The number of aromatic nitrogens is 1. The number of esters is 1. The third-order valence-electron chi connectivity index (χ3n) is 5.09. The minimum atomic E-state index is -0.761. The summed E-state index contributed by atoms with van der Waals surface area (Å²) in [6, 6.07) is 16.9. The van der Waals surface area contributed by atoms with Crippen molar-refractivity contribution in [2.45, 2.75) is 12.8 Å². The minimum Gasteiger partial charge on any atom is -0.463 e. The summed E-state index contributed by atoms with van der Waals surface area (Å²) in [4.78, 5) is 26.5. The fourth-order valence-corrected chi connectivity index (χ4v) is 5.72. The van der Waals surface area contributed by atoms with E-state index in [0.717, 1.165) is 25.8 Å². The Bertz CT molecular complexity index is 1530. The van der Waals surface area contributed by atoms with Gasteiger partial charge in [0.1, 0.15) is 10.5 Å². The minimum absolute atomic E-state index is 0.0145. The zero-order chi connectivity index (χ0) is 23.7. The van der Waals surface area contributed by atoms with Crippen molar-refractivity contribution in [3.05, 3.63) is 93.7 Å². The Kier molecular flexibility index (Phi) is 6.70. The summed E-state index contributed by atoms with van der Waals surface area (Å²) in [6.07, 6.45) is 1.74. The van der Waals surface area contributed by atoms with Crippen LogP contribution < -0.4 is 20.5 Å². The van der Waals surface area contributed by atoms with Crippen LogP contribution in [0.5, 0.6) is 0 Å². The molecule has 4 rings (SSSR count). The number of hydrogen-bond donors (Lipinski definition) is 1. The van der Waals surface area contributed by atoms with Crippen LogP contribution >= 0.6 is 43.2 Å². The highest BCUT2D eigenvalue weighted by molar-refractivity contribution is 9.10. The summed E-state index contributed by atoms with van der Waals surface area (Å²) in [5.41, 5.74) is 7.81. The molecule has 2 aromatic carbocycles. The molecule has 0 saturated heterocycles. The van der Waals surface area contributed by atoms with Gasteiger partial charge in [-0.25, -0.2) is 4.79 Å². The van der Waals surface area contributed by atoms with Crippen molar-refractivity contribution < 1.29 is 9.53 Å². The first-order valence-electron chi connectivity index (χ1n) is 9.91. The first-order chi connectivity index (χ1) is 15.8. The second-order valence-corrected chi connectivity index (χ2v) is 10.0. The summed E-state index contributed by atoms with van der Waals surface area (Å²) in [7, 11) is 0. The molecule has 1 aliphatic rings. The highest BCUT2D eigenvalue weighted by Gasteiger charge is 2.36. The predicted octanol–water partition coefficient (Wildman–Crippen LogP) is 3.43. The number of allylic oxidation sites excluding steroid dienone is 1. The van der Waals surface area contributed by atoms with Crippen molar-refractivity contribution >= 4 is 66.6 Å². The summed E-state index contributed by atoms with van der Waals surface area (Å²) >= 11 is 8.03. The molecular formula is C24H17Br2N3O3S. The van der Waals surface area contributed by atoms with Gasteiger partial charge >= 0.3 is 5.97 Å². The lowest BCUT2D eigenvalue weighted by Crippen LogP contribution is -2.40. The van der Waals surface area contributed by atoms with E-state index in [0.29, 0.717) is 14.8 Å². The van der Waals surface area contributed by atoms with Gasteiger partial charge in [0.25, 0.3) is 5.56 Å². The molecule has 6 nitrogen and oxygen atoms in total. The Hall–Kier alpha value is -2.93. The number of hydrogen-bond acceptors (Lipinski definition) is 6. The van der Waals surface area contributed by atoms with Crippen molar-refractivity contribution in [3.63, 3.8) is 0 Å². The van der Waals surface area contributed by atoms with Crippen LogP contribution in [0.4, 0.5) is 0 Å².